The van der Waals surface area contributed by atoms with Crippen LogP contribution in [0.1, 0.15) is 18.1 Å². The van der Waals surface area contributed by atoms with Gasteiger partial charge in [-0.15, -0.1) is 0 Å². The maximum absolute atomic E-state index is 13.1. The van der Waals surface area contributed by atoms with Gasteiger partial charge in [-0.05, 0) is 54.4 Å². The van der Waals surface area contributed by atoms with Crippen molar-refractivity contribution in [2.45, 2.75) is 18.4 Å². The lowest BCUT2D eigenvalue weighted by molar-refractivity contribution is -0.156. The molecule has 2 N–H and O–H groups in total. The Labute approximate surface area is 181 Å². The van der Waals surface area contributed by atoms with Gasteiger partial charge in [-0.25, -0.2) is 9.18 Å². The minimum atomic E-state index is -1.27. The summed E-state index contributed by atoms with van der Waals surface area (Å²) in [5, 5.41) is 18.9. The van der Waals surface area contributed by atoms with E-state index in [1.165, 1.54) is 19.1 Å². The lowest BCUT2D eigenvalue weighted by Gasteiger charge is -2.43. The molecule has 30 heavy (non-hydrogen) atoms. The van der Waals surface area contributed by atoms with Gasteiger partial charge in [0, 0.05) is 0 Å². The summed E-state index contributed by atoms with van der Waals surface area (Å²) in [5.41, 5.74) is 1.20. The van der Waals surface area contributed by atoms with E-state index in [-0.39, 0.29) is 16.6 Å². The molecule has 4 rings (SSSR count). The van der Waals surface area contributed by atoms with E-state index >= 15 is 0 Å². The van der Waals surface area contributed by atoms with E-state index in [4.69, 9.17) is 17.0 Å². The Hall–Kier alpha value is -2.75. The van der Waals surface area contributed by atoms with Gasteiger partial charge in [0.1, 0.15) is 16.9 Å². The van der Waals surface area contributed by atoms with E-state index in [2.05, 4.69) is 0 Å². The molecule has 0 aliphatic carbocycles. The first-order valence-electron chi connectivity index (χ1n) is 9.01. The number of thiocarbonyl (C=S) groups is 1. The second-order valence-corrected chi connectivity index (χ2v) is 8.38. The van der Waals surface area contributed by atoms with Crippen LogP contribution in [0.2, 0.25) is 0 Å². The number of carboxylic acids is 1. The summed E-state index contributed by atoms with van der Waals surface area (Å²) in [7, 11) is 0. The van der Waals surface area contributed by atoms with Crippen molar-refractivity contribution in [2.75, 3.05) is 0 Å². The van der Waals surface area contributed by atoms with Gasteiger partial charge < -0.3 is 14.9 Å². The fraction of sp³-hybridized carbons (Fsp3) is 0.190. The number of rotatable bonds is 6. The smallest absolute Gasteiger partial charge is 0.357 e. The highest BCUT2D eigenvalue weighted by Gasteiger charge is 2.58. The molecule has 0 bridgehead atoms. The molecule has 3 atom stereocenters. The second kappa shape index (κ2) is 7.82. The van der Waals surface area contributed by atoms with Crippen LogP contribution in [0.25, 0.3) is 0 Å². The Balaban J connectivity index is 1.53. The van der Waals surface area contributed by atoms with Crippen molar-refractivity contribution >= 4 is 40.7 Å². The highest BCUT2D eigenvalue weighted by molar-refractivity contribution is 8.03. The molecule has 0 saturated carbocycles. The van der Waals surface area contributed by atoms with E-state index in [1.54, 1.807) is 36.4 Å². The number of fused-ring (bicyclic) bond motifs is 1. The predicted octanol–water partition coefficient (Wildman–Crippen LogP) is 3.14. The quantitative estimate of drug-likeness (QED) is 0.401. The van der Waals surface area contributed by atoms with E-state index in [0.29, 0.717) is 16.2 Å². The average Bonchev–Trinajstić information content (AvgIpc) is 3.02. The lowest BCUT2D eigenvalue weighted by atomic mass is 9.92. The van der Waals surface area contributed by atoms with Crippen LogP contribution in [-0.2, 0) is 9.59 Å². The SMILES string of the molecule is C[C@@H](O)[C@H]1C(=O)N2C(C(=O)O)=C(Oc3ccc(C(=S)c4ccc(F)cc4)cc3)S[C@H]12. The number of carbonyl (C=O) groups excluding carboxylic acids is 1. The monoisotopic (exact) mass is 445 g/mol. The standard InChI is InChI=1S/C21H16FNO5S2/c1-10(24)15-18(25)23-16(20(26)27)21(30-19(15)23)28-14-8-4-12(5-9-14)17(29)11-2-6-13(22)7-3-11/h2-10,15,19,24H,1H3,(H,26,27)/t10-,15+,19-/m1/s1. The third kappa shape index (κ3) is 3.49. The maximum atomic E-state index is 13.1. The van der Waals surface area contributed by atoms with Crippen LogP contribution in [-0.4, -0.2) is 43.3 Å². The number of nitrogens with zero attached hydrogens (tertiary/aromatic N) is 1. The zero-order valence-corrected chi connectivity index (χ0v) is 17.2. The first-order valence-corrected chi connectivity index (χ1v) is 10.3. The molecule has 1 amide bonds. The van der Waals surface area contributed by atoms with Crippen LogP contribution >= 0.6 is 24.0 Å². The first-order chi connectivity index (χ1) is 14.3. The molecule has 1 saturated heterocycles. The van der Waals surface area contributed by atoms with Gasteiger partial charge in [-0.3, -0.25) is 9.69 Å². The van der Waals surface area contributed by atoms with Crippen molar-refractivity contribution in [1.82, 2.24) is 4.90 Å². The molecule has 2 aromatic carbocycles. The Bertz CT molecular complexity index is 1070. The molecule has 6 nitrogen and oxygen atoms in total. The first kappa shape index (κ1) is 20.5. The zero-order valence-electron chi connectivity index (χ0n) is 15.6. The third-order valence-electron chi connectivity index (χ3n) is 4.90. The summed E-state index contributed by atoms with van der Waals surface area (Å²) in [6.45, 7) is 1.50. The summed E-state index contributed by atoms with van der Waals surface area (Å²) in [6.07, 6.45) is -0.882. The summed E-state index contributed by atoms with van der Waals surface area (Å²) in [4.78, 5) is 25.6. The van der Waals surface area contributed by atoms with Crippen molar-refractivity contribution in [1.29, 1.82) is 0 Å². The van der Waals surface area contributed by atoms with Crippen LogP contribution in [0.3, 0.4) is 0 Å². The Morgan fingerprint density at radius 1 is 1.17 bits per heavy atom. The van der Waals surface area contributed by atoms with Gasteiger partial charge >= 0.3 is 5.97 Å². The summed E-state index contributed by atoms with van der Waals surface area (Å²) >= 11 is 6.54. The fourth-order valence-electron chi connectivity index (χ4n) is 3.37. The maximum Gasteiger partial charge on any atom is 0.357 e. The molecule has 0 radical (unpaired) electrons. The molecule has 2 aliphatic rings. The van der Waals surface area contributed by atoms with Gasteiger partial charge in [-0.1, -0.05) is 36.1 Å². The van der Waals surface area contributed by atoms with Crippen LogP contribution in [0.5, 0.6) is 5.75 Å². The zero-order chi connectivity index (χ0) is 21.6. The fourth-order valence-corrected chi connectivity index (χ4v) is 5.11. The van der Waals surface area contributed by atoms with Gasteiger partial charge in [0.2, 0.25) is 5.91 Å². The molecular weight excluding hydrogens is 429 g/mol. The van der Waals surface area contributed by atoms with E-state index in [9.17, 15) is 24.2 Å². The van der Waals surface area contributed by atoms with E-state index in [1.807, 2.05) is 0 Å². The number of aliphatic hydroxyl groups is 1. The molecule has 9 heteroatoms. The molecule has 2 aromatic rings. The van der Waals surface area contributed by atoms with Gasteiger partial charge in [0.05, 0.1) is 16.9 Å². The number of hydrogen-bond donors (Lipinski definition) is 2. The Morgan fingerprint density at radius 3 is 2.27 bits per heavy atom. The minimum Gasteiger partial charge on any atom is -0.476 e. The number of benzene rings is 2. The van der Waals surface area contributed by atoms with Crippen molar-refractivity contribution in [2.24, 2.45) is 5.92 Å². The predicted molar refractivity (Wildman–Crippen MR) is 112 cm³/mol. The van der Waals surface area contributed by atoms with Gasteiger partial charge in [-0.2, -0.15) is 0 Å². The highest BCUT2D eigenvalue weighted by Crippen LogP contribution is 2.50. The van der Waals surface area contributed by atoms with Crippen LogP contribution in [0.15, 0.2) is 59.3 Å². The largest absolute Gasteiger partial charge is 0.476 e. The van der Waals surface area contributed by atoms with Crippen LogP contribution < -0.4 is 4.74 Å². The van der Waals surface area contributed by atoms with Crippen LogP contribution in [0.4, 0.5) is 4.39 Å². The van der Waals surface area contributed by atoms with Gasteiger partial charge in [0.25, 0.3) is 0 Å². The number of β-lactam (4-membered cyclic amide) rings is 1. The van der Waals surface area contributed by atoms with Crippen LogP contribution in [0, 0.1) is 11.7 Å². The molecule has 0 spiro atoms. The number of amides is 1. The van der Waals surface area contributed by atoms with Crippen molar-refractivity contribution in [3.05, 3.63) is 76.3 Å². The molecule has 0 unspecified atom stereocenters. The number of hydrogen-bond acceptors (Lipinski definition) is 6. The second-order valence-electron chi connectivity index (χ2n) is 6.89. The van der Waals surface area contributed by atoms with Crippen molar-refractivity contribution in [3.63, 3.8) is 0 Å². The number of aliphatic carboxylic acids is 1. The molecule has 1 fully saturated rings. The lowest BCUT2D eigenvalue weighted by Crippen LogP contribution is -2.60. The Morgan fingerprint density at radius 2 is 1.73 bits per heavy atom. The third-order valence-corrected chi connectivity index (χ3v) is 6.61. The molecule has 0 aromatic heterocycles. The van der Waals surface area contributed by atoms with Crippen molar-refractivity contribution < 1.29 is 28.9 Å². The van der Waals surface area contributed by atoms with Gasteiger partial charge in [0.15, 0.2) is 10.8 Å². The molecule has 2 aliphatic heterocycles. The minimum absolute atomic E-state index is 0.0952. The number of carboxylic acid groups (broad SMARTS) is 1. The number of ether oxygens (including phenoxy) is 1. The Kier molecular flexibility index (Phi) is 5.35. The average molecular weight is 445 g/mol. The number of thioether (sulfide) groups is 1. The number of carbonyl (C=O) groups is 2. The number of halogens is 1. The molecule has 154 valence electrons. The molecule has 2 heterocycles. The summed E-state index contributed by atoms with van der Waals surface area (Å²) in [5.74, 6) is -2.33. The topological polar surface area (TPSA) is 87.1 Å². The van der Waals surface area contributed by atoms with Crippen molar-refractivity contribution in [3.8, 4) is 5.75 Å². The van der Waals surface area contributed by atoms with E-state index in [0.717, 1.165) is 22.2 Å². The summed E-state index contributed by atoms with van der Waals surface area (Å²) in [6, 6.07) is 12.6. The number of aliphatic hydroxyl groups excluding tert-OH is 1. The molecular formula is C21H16FNO5S2. The van der Waals surface area contributed by atoms with E-state index < -0.39 is 29.3 Å². The normalized spacial score (nSPS) is 21.2. The summed E-state index contributed by atoms with van der Waals surface area (Å²) < 4.78 is 18.8. The highest BCUT2D eigenvalue weighted by atomic mass is 32.2.